The molecule has 4 rings (SSSR count). The smallest absolute Gasteiger partial charge is 0.0465 e. The predicted octanol–water partition coefficient (Wildman–Crippen LogP) is 4.05. The lowest BCUT2D eigenvalue weighted by atomic mass is 9.88. The molecule has 0 unspecified atom stereocenters. The second-order valence-electron chi connectivity index (χ2n) is 5.79. The molecule has 1 aliphatic rings. The molecule has 0 saturated heterocycles. The van der Waals surface area contributed by atoms with Crippen LogP contribution in [0.4, 0.5) is 0 Å². The fourth-order valence-electron chi connectivity index (χ4n) is 3.45. The Morgan fingerprint density at radius 3 is 2.47 bits per heavy atom. The monoisotopic (exact) mass is 250 g/mol. The molecule has 1 aliphatic carbocycles. The summed E-state index contributed by atoms with van der Waals surface area (Å²) in [4.78, 5) is 3.47. The normalized spacial score (nSPS) is 18.4. The van der Waals surface area contributed by atoms with Gasteiger partial charge in [-0.1, -0.05) is 37.1 Å². The average molecular weight is 250 g/mol. The maximum atomic E-state index is 6.57. The molecule has 0 amide bonds. The van der Waals surface area contributed by atoms with Crippen molar-refractivity contribution in [2.75, 3.05) is 0 Å². The first-order chi connectivity index (χ1) is 9.26. The third-order valence-corrected chi connectivity index (χ3v) is 4.58. The van der Waals surface area contributed by atoms with Gasteiger partial charge in [-0.25, -0.2) is 0 Å². The topological polar surface area (TPSA) is 41.8 Å². The fourth-order valence-corrected chi connectivity index (χ4v) is 3.45. The number of benzene rings is 2. The summed E-state index contributed by atoms with van der Waals surface area (Å²) in [6, 6.07) is 15.1. The highest BCUT2D eigenvalue weighted by molar-refractivity contribution is 6.07. The van der Waals surface area contributed by atoms with Crippen molar-refractivity contribution in [3.63, 3.8) is 0 Å². The Labute approximate surface area is 112 Å². The number of H-pyrrole nitrogens is 1. The number of nitrogens with one attached hydrogen (secondary N) is 1. The molecule has 2 aromatic carbocycles. The lowest BCUT2D eigenvalue weighted by molar-refractivity contribution is 0.462. The van der Waals surface area contributed by atoms with Crippen LogP contribution < -0.4 is 5.73 Å². The van der Waals surface area contributed by atoms with E-state index in [1.54, 1.807) is 0 Å². The SMILES string of the molecule is NC1(c2ccc3[nH]c4ccccc4c3c2)CCCC1. The molecular formula is C17H18N2. The Kier molecular flexibility index (Phi) is 2.24. The second-order valence-corrected chi connectivity index (χ2v) is 5.79. The van der Waals surface area contributed by atoms with Crippen LogP contribution >= 0.6 is 0 Å². The van der Waals surface area contributed by atoms with Crippen molar-refractivity contribution in [1.82, 2.24) is 4.98 Å². The number of fused-ring (bicyclic) bond motifs is 3. The van der Waals surface area contributed by atoms with Crippen molar-refractivity contribution < 1.29 is 0 Å². The Bertz CT molecular complexity index is 748. The van der Waals surface area contributed by atoms with E-state index < -0.39 is 0 Å². The number of hydrogen-bond donors (Lipinski definition) is 2. The fraction of sp³-hybridized carbons (Fsp3) is 0.294. The Morgan fingerprint density at radius 2 is 1.63 bits per heavy atom. The summed E-state index contributed by atoms with van der Waals surface area (Å²) in [5, 5.41) is 2.59. The molecule has 0 atom stereocenters. The summed E-state index contributed by atoms with van der Waals surface area (Å²) in [6.07, 6.45) is 4.73. The molecule has 19 heavy (non-hydrogen) atoms. The third kappa shape index (κ3) is 1.60. The maximum absolute atomic E-state index is 6.57. The number of hydrogen-bond acceptors (Lipinski definition) is 1. The van der Waals surface area contributed by atoms with Crippen LogP contribution in [-0.4, -0.2) is 4.98 Å². The Hall–Kier alpha value is -1.80. The van der Waals surface area contributed by atoms with Gasteiger partial charge in [0.15, 0.2) is 0 Å². The standard InChI is InChI=1S/C17H18N2/c18-17(9-3-4-10-17)12-7-8-16-14(11-12)13-5-1-2-6-15(13)19-16/h1-2,5-8,11,19H,3-4,9-10,18H2. The highest BCUT2D eigenvalue weighted by Crippen LogP contribution is 2.38. The van der Waals surface area contributed by atoms with Crippen molar-refractivity contribution in [3.05, 3.63) is 48.0 Å². The molecule has 0 aliphatic heterocycles. The zero-order valence-electron chi connectivity index (χ0n) is 10.9. The van der Waals surface area contributed by atoms with E-state index in [1.165, 1.54) is 40.2 Å². The summed E-state index contributed by atoms with van der Waals surface area (Å²) in [5.41, 5.74) is 10.2. The Balaban J connectivity index is 1.97. The van der Waals surface area contributed by atoms with Crippen LogP contribution in [0.1, 0.15) is 31.2 Å². The molecule has 1 fully saturated rings. The highest BCUT2D eigenvalue weighted by atomic mass is 14.8. The van der Waals surface area contributed by atoms with Crippen LogP contribution in [0, 0.1) is 0 Å². The molecule has 0 bridgehead atoms. The van der Waals surface area contributed by atoms with Gasteiger partial charge in [0.1, 0.15) is 0 Å². The third-order valence-electron chi connectivity index (χ3n) is 4.58. The first-order valence-electron chi connectivity index (χ1n) is 7.06. The molecular weight excluding hydrogens is 232 g/mol. The predicted molar refractivity (Wildman–Crippen MR) is 80.1 cm³/mol. The Morgan fingerprint density at radius 1 is 0.895 bits per heavy atom. The van der Waals surface area contributed by atoms with Gasteiger partial charge < -0.3 is 10.7 Å². The van der Waals surface area contributed by atoms with Gasteiger partial charge in [0.05, 0.1) is 0 Å². The number of aromatic nitrogens is 1. The van der Waals surface area contributed by atoms with E-state index in [1.807, 2.05) is 0 Å². The van der Waals surface area contributed by atoms with Crippen LogP contribution in [0.2, 0.25) is 0 Å². The molecule has 96 valence electrons. The van der Waals surface area contributed by atoms with E-state index in [0.29, 0.717) is 0 Å². The number of nitrogens with two attached hydrogens (primary N) is 1. The first kappa shape index (κ1) is 11.1. The van der Waals surface area contributed by atoms with Crippen molar-refractivity contribution in [1.29, 1.82) is 0 Å². The van der Waals surface area contributed by atoms with Gasteiger partial charge in [-0.3, -0.25) is 0 Å². The van der Waals surface area contributed by atoms with Crippen LogP contribution in [0.15, 0.2) is 42.5 Å². The molecule has 3 N–H and O–H groups in total. The van der Waals surface area contributed by atoms with E-state index in [0.717, 1.165) is 12.8 Å². The highest BCUT2D eigenvalue weighted by Gasteiger charge is 2.31. The van der Waals surface area contributed by atoms with Crippen LogP contribution in [0.5, 0.6) is 0 Å². The minimum absolute atomic E-state index is 0.105. The van der Waals surface area contributed by atoms with Gasteiger partial charge in [0.25, 0.3) is 0 Å². The van der Waals surface area contributed by atoms with E-state index in [-0.39, 0.29) is 5.54 Å². The minimum Gasteiger partial charge on any atom is -0.355 e. The summed E-state index contributed by atoms with van der Waals surface area (Å²) >= 11 is 0. The number of para-hydroxylation sites is 1. The van der Waals surface area contributed by atoms with Gasteiger partial charge in [0, 0.05) is 27.3 Å². The maximum Gasteiger partial charge on any atom is 0.0465 e. The van der Waals surface area contributed by atoms with Gasteiger partial charge in [-0.2, -0.15) is 0 Å². The molecule has 2 heteroatoms. The molecule has 1 aromatic heterocycles. The molecule has 1 saturated carbocycles. The van der Waals surface area contributed by atoms with E-state index >= 15 is 0 Å². The summed E-state index contributed by atoms with van der Waals surface area (Å²) in [7, 11) is 0. The van der Waals surface area contributed by atoms with Crippen LogP contribution in [0.25, 0.3) is 21.8 Å². The largest absolute Gasteiger partial charge is 0.355 e. The van der Waals surface area contributed by atoms with Crippen molar-refractivity contribution in [2.45, 2.75) is 31.2 Å². The van der Waals surface area contributed by atoms with E-state index in [2.05, 4.69) is 47.4 Å². The van der Waals surface area contributed by atoms with E-state index in [4.69, 9.17) is 5.73 Å². The van der Waals surface area contributed by atoms with Crippen LogP contribution in [-0.2, 0) is 5.54 Å². The number of rotatable bonds is 1. The zero-order chi connectivity index (χ0) is 12.9. The lowest BCUT2D eigenvalue weighted by Gasteiger charge is -2.24. The second kappa shape index (κ2) is 3.84. The van der Waals surface area contributed by atoms with Crippen molar-refractivity contribution >= 4 is 21.8 Å². The summed E-state index contributed by atoms with van der Waals surface area (Å²) in [5.74, 6) is 0. The zero-order valence-corrected chi connectivity index (χ0v) is 10.9. The van der Waals surface area contributed by atoms with Crippen molar-refractivity contribution in [3.8, 4) is 0 Å². The quantitative estimate of drug-likeness (QED) is 0.672. The van der Waals surface area contributed by atoms with Gasteiger partial charge >= 0.3 is 0 Å². The molecule has 3 aromatic rings. The lowest BCUT2D eigenvalue weighted by Crippen LogP contribution is -2.32. The van der Waals surface area contributed by atoms with Gasteiger partial charge in [-0.15, -0.1) is 0 Å². The van der Waals surface area contributed by atoms with Gasteiger partial charge in [0.2, 0.25) is 0 Å². The van der Waals surface area contributed by atoms with Gasteiger partial charge in [-0.05, 0) is 36.6 Å². The summed E-state index contributed by atoms with van der Waals surface area (Å²) < 4.78 is 0. The van der Waals surface area contributed by atoms with E-state index in [9.17, 15) is 0 Å². The number of aromatic amines is 1. The minimum atomic E-state index is -0.105. The summed E-state index contributed by atoms with van der Waals surface area (Å²) in [6.45, 7) is 0. The molecule has 2 nitrogen and oxygen atoms in total. The first-order valence-corrected chi connectivity index (χ1v) is 7.06. The average Bonchev–Trinajstić information content (AvgIpc) is 3.02. The molecule has 1 heterocycles. The molecule has 0 spiro atoms. The van der Waals surface area contributed by atoms with Crippen LogP contribution in [0.3, 0.4) is 0 Å². The molecule has 0 radical (unpaired) electrons. The van der Waals surface area contributed by atoms with Crippen molar-refractivity contribution in [2.24, 2.45) is 5.73 Å².